The first-order chi connectivity index (χ1) is 9.54. The molecule has 1 aromatic rings. The fraction of sp³-hybridized carbons (Fsp3) is 0.500. The number of ether oxygens (including phenoxy) is 1. The average molecular weight is 275 g/mol. The van der Waals surface area contributed by atoms with Gasteiger partial charge in [0.05, 0.1) is 17.2 Å². The highest BCUT2D eigenvalue weighted by Gasteiger charge is 2.34. The smallest absolute Gasteiger partial charge is 0.261 e. The predicted molar refractivity (Wildman–Crippen MR) is 76.9 cm³/mol. The summed E-state index contributed by atoms with van der Waals surface area (Å²) in [5, 5.41) is 0. The summed E-state index contributed by atoms with van der Waals surface area (Å²) in [7, 11) is 0. The predicted octanol–water partition coefficient (Wildman–Crippen LogP) is 2.66. The van der Waals surface area contributed by atoms with Crippen LogP contribution in [0.2, 0.25) is 0 Å². The molecule has 108 valence electrons. The van der Waals surface area contributed by atoms with Gasteiger partial charge in [-0.3, -0.25) is 14.5 Å². The highest BCUT2D eigenvalue weighted by molar-refractivity contribution is 6.21. The third-order valence-corrected chi connectivity index (χ3v) is 3.42. The van der Waals surface area contributed by atoms with Crippen LogP contribution in [0, 0.1) is 0 Å². The van der Waals surface area contributed by atoms with Crippen LogP contribution in [0.5, 0.6) is 0 Å². The zero-order valence-electron chi connectivity index (χ0n) is 12.3. The number of carbonyl (C=O) groups is 2. The van der Waals surface area contributed by atoms with E-state index in [2.05, 4.69) is 0 Å². The number of hydrogen-bond acceptors (Lipinski definition) is 3. The van der Waals surface area contributed by atoms with E-state index in [0.29, 0.717) is 30.7 Å². The first-order valence-corrected chi connectivity index (χ1v) is 7.15. The summed E-state index contributed by atoms with van der Waals surface area (Å²) in [5.41, 5.74) is 2.14. The molecule has 0 spiro atoms. The molecule has 0 saturated heterocycles. The number of benzene rings is 1. The highest BCUT2D eigenvalue weighted by Crippen LogP contribution is 2.24. The molecule has 1 aliphatic rings. The molecule has 1 aromatic carbocycles. The molecule has 0 unspecified atom stereocenters. The van der Waals surface area contributed by atoms with E-state index in [-0.39, 0.29) is 17.9 Å². The summed E-state index contributed by atoms with van der Waals surface area (Å²) >= 11 is 0. The van der Waals surface area contributed by atoms with Gasteiger partial charge in [-0.2, -0.15) is 0 Å². The van der Waals surface area contributed by atoms with E-state index >= 15 is 0 Å². The summed E-state index contributed by atoms with van der Waals surface area (Å²) < 4.78 is 5.44. The lowest BCUT2D eigenvalue weighted by Gasteiger charge is -2.14. The maximum Gasteiger partial charge on any atom is 0.261 e. The van der Waals surface area contributed by atoms with E-state index in [1.165, 1.54) is 4.90 Å². The number of hydrogen-bond donors (Lipinski definition) is 0. The van der Waals surface area contributed by atoms with Crippen molar-refractivity contribution in [2.24, 2.45) is 0 Å². The van der Waals surface area contributed by atoms with Crippen LogP contribution in [0.25, 0.3) is 0 Å². The molecule has 0 aromatic heterocycles. The topological polar surface area (TPSA) is 46.6 Å². The van der Waals surface area contributed by atoms with E-state index in [0.717, 1.165) is 12.0 Å². The minimum Gasteiger partial charge on any atom is -0.379 e. The third-order valence-electron chi connectivity index (χ3n) is 3.42. The lowest BCUT2D eigenvalue weighted by molar-refractivity contribution is 0.0566. The van der Waals surface area contributed by atoms with E-state index < -0.39 is 0 Å². The molecule has 4 nitrogen and oxygen atoms in total. The number of fused-ring (bicyclic) bond motifs is 1. The Morgan fingerprint density at radius 3 is 2.50 bits per heavy atom. The maximum atomic E-state index is 12.3. The van der Waals surface area contributed by atoms with Crippen molar-refractivity contribution in [3.05, 3.63) is 34.9 Å². The molecule has 0 N–H and O–H groups in total. The largest absolute Gasteiger partial charge is 0.379 e. The molecule has 2 rings (SSSR count). The van der Waals surface area contributed by atoms with Gasteiger partial charge in [0.15, 0.2) is 0 Å². The number of nitrogens with zero attached hydrogens (tertiary/aromatic N) is 1. The first kappa shape index (κ1) is 14.7. The van der Waals surface area contributed by atoms with Crippen LogP contribution in [0.1, 0.15) is 53.5 Å². The van der Waals surface area contributed by atoms with Crippen molar-refractivity contribution in [1.82, 2.24) is 4.90 Å². The molecular formula is C16H21NO3. The quantitative estimate of drug-likeness (QED) is 0.592. The van der Waals surface area contributed by atoms with Gasteiger partial charge >= 0.3 is 0 Å². The fourth-order valence-electron chi connectivity index (χ4n) is 2.30. The van der Waals surface area contributed by atoms with Crippen LogP contribution >= 0.6 is 0 Å². The summed E-state index contributed by atoms with van der Waals surface area (Å²) in [6, 6.07) is 5.51. The lowest BCUT2D eigenvalue weighted by Crippen LogP contribution is -2.31. The number of rotatable bonds is 6. The molecule has 4 heteroatoms. The van der Waals surface area contributed by atoms with Gasteiger partial charge in [0.25, 0.3) is 11.8 Å². The number of carbonyl (C=O) groups excluding carboxylic acids is 2. The van der Waals surface area contributed by atoms with Gasteiger partial charge in [0.2, 0.25) is 0 Å². The van der Waals surface area contributed by atoms with Crippen LogP contribution in [0.3, 0.4) is 0 Å². The molecule has 0 fully saturated rings. The van der Waals surface area contributed by atoms with E-state index in [4.69, 9.17) is 4.74 Å². The molecule has 0 saturated carbocycles. The van der Waals surface area contributed by atoms with Gasteiger partial charge < -0.3 is 4.74 Å². The lowest BCUT2D eigenvalue weighted by atomic mass is 10.0. The van der Waals surface area contributed by atoms with Gasteiger partial charge in [-0.05, 0) is 44.4 Å². The minimum atomic E-state index is -0.183. The fourth-order valence-corrected chi connectivity index (χ4v) is 2.30. The summed E-state index contributed by atoms with van der Waals surface area (Å²) in [5.74, 6) is -0.359. The molecule has 0 bridgehead atoms. The van der Waals surface area contributed by atoms with Crippen molar-refractivity contribution < 1.29 is 14.3 Å². The molecule has 1 heterocycles. The highest BCUT2D eigenvalue weighted by atomic mass is 16.5. The average Bonchev–Trinajstić information content (AvgIpc) is 2.67. The standard InChI is InChI=1S/C16H21NO3/c1-4-12-6-7-13-14(10-12)16(19)17(15(13)18)8-5-9-20-11(2)3/h6-7,10-11H,4-5,8-9H2,1-3H3. The Kier molecular flexibility index (Phi) is 4.55. The van der Waals surface area contributed by atoms with Crippen molar-refractivity contribution in [2.45, 2.75) is 39.7 Å². The van der Waals surface area contributed by atoms with Crippen molar-refractivity contribution in [3.63, 3.8) is 0 Å². The van der Waals surface area contributed by atoms with Crippen LogP contribution < -0.4 is 0 Å². The summed E-state index contributed by atoms with van der Waals surface area (Å²) in [4.78, 5) is 25.8. The Hall–Kier alpha value is -1.68. The molecule has 1 aliphatic heterocycles. The molecule has 2 amide bonds. The Morgan fingerprint density at radius 2 is 1.85 bits per heavy atom. The van der Waals surface area contributed by atoms with Crippen LogP contribution in [-0.2, 0) is 11.2 Å². The molecule has 0 aliphatic carbocycles. The van der Waals surface area contributed by atoms with Crippen LogP contribution in [0.4, 0.5) is 0 Å². The SMILES string of the molecule is CCc1ccc2c(c1)C(=O)N(CCCOC(C)C)C2=O. The Labute approximate surface area is 119 Å². The second kappa shape index (κ2) is 6.18. The Morgan fingerprint density at radius 1 is 1.15 bits per heavy atom. The second-order valence-electron chi connectivity index (χ2n) is 5.27. The van der Waals surface area contributed by atoms with Gasteiger partial charge in [-0.15, -0.1) is 0 Å². The van der Waals surface area contributed by atoms with Crippen molar-refractivity contribution >= 4 is 11.8 Å². The van der Waals surface area contributed by atoms with E-state index in [1.54, 1.807) is 6.07 Å². The van der Waals surface area contributed by atoms with Crippen LogP contribution in [-0.4, -0.2) is 36.0 Å². The molecular weight excluding hydrogens is 254 g/mol. The number of aryl methyl sites for hydroxylation is 1. The van der Waals surface area contributed by atoms with Gasteiger partial charge in [-0.25, -0.2) is 0 Å². The summed E-state index contributed by atoms with van der Waals surface area (Å²) in [6.45, 7) is 6.94. The number of imide groups is 1. The zero-order chi connectivity index (χ0) is 14.7. The molecule has 0 radical (unpaired) electrons. The normalized spacial score (nSPS) is 14.3. The Bertz CT molecular complexity index is 522. The van der Waals surface area contributed by atoms with Gasteiger partial charge in [-0.1, -0.05) is 13.0 Å². The molecule has 20 heavy (non-hydrogen) atoms. The monoisotopic (exact) mass is 275 g/mol. The zero-order valence-corrected chi connectivity index (χ0v) is 12.3. The van der Waals surface area contributed by atoms with Crippen molar-refractivity contribution in [3.8, 4) is 0 Å². The third kappa shape index (κ3) is 2.90. The number of amides is 2. The van der Waals surface area contributed by atoms with Crippen molar-refractivity contribution in [2.75, 3.05) is 13.2 Å². The van der Waals surface area contributed by atoms with Crippen LogP contribution in [0.15, 0.2) is 18.2 Å². The second-order valence-corrected chi connectivity index (χ2v) is 5.27. The van der Waals surface area contributed by atoms with E-state index in [9.17, 15) is 9.59 Å². The van der Waals surface area contributed by atoms with Gasteiger partial charge in [0, 0.05) is 13.2 Å². The Balaban J connectivity index is 2.04. The van der Waals surface area contributed by atoms with E-state index in [1.807, 2.05) is 32.9 Å². The maximum absolute atomic E-state index is 12.3. The minimum absolute atomic E-state index is 0.171. The molecule has 0 atom stereocenters. The summed E-state index contributed by atoms with van der Waals surface area (Å²) in [6.07, 6.45) is 1.70. The van der Waals surface area contributed by atoms with Gasteiger partial charge in [0.1, 0.15) is 0 Å². The van der Waals surface area contributed by atoms with Crippen molar-refractivity contribution in [1.29, 1.82) is 0 Å². The first-order valence-electron chi connectivity index (χ1n) is 7.15.